The molecule has 0 aromatic heterocycles. The van der Waals surface area contributed by atoms with Gasteiger partial charge in [-0.15, -0.1) is 0 Å². The molecule has 0 saturated carbocycles. The van der Waals surface area contributed by atoms with Gasteiger partial charge in [0.1, 0.15) is 12.6 Å². The lowest BCUT2D eigenvalue weighted by Crippen LogP contribution is -2.53. The van der Waals surface area contributed by atoms with Gasteiger partial charge >= 0.3 is 0 Å². The van der Waals surface area contributed by atoms with Crippen LogP contribution in [0.2, 0.25) is 5.02 Å². The maximum absolute atomic E-state index is 14.1. The van der Waals surface area contributed by atoms with Crippen LogP contribution in [0.25, 0.3) is 0 Å². The van der Waals surface area contributed by atoms with E-state index in [2.05, 4.69) is 5.32 Å². The summed E-state index contributed by atoms with van der Waals surface area (Å²) in [5.41, 5.74) is 1.95. The molecule has 3 rings (SSSR count). The van der Waals surface area contributed by atoms with Gasteiger partial charge in [0.05, 0.1) is 11.9 Å². The van der Waals surface area contributed by atoms with E-state index < -0.39 is 28.5 Å². The number of sulfonamides is 1. The molecule has 2 amide bonds. The fourth-order valence-electron chi connectivity index (χ4n) is 4.36. The van der Waals surface area contributed by atoms with E-state index >= 15 is 0 Å². The third-order valence-electron chi connectivity index (χ3n) is 6.62. The Morgan fingerprint density at radius 3 is 2.27 bits per heavy atom. The summed E-state index contributed by atoms with van der Waals surface area (Å²) in [4.78, 5) is 41.1. The van der Waals surface area contributed by atoms with Crippen LogP contribution in [-0.4, -0.2) is 56.3 Å². The van der Waals surface area contributed by atoms with Crippen molar-refractivity contribution in [2.45, 2.75) is 45.7 Å². The number of unbranched alkanes of at least 4 members (excludes halogenated alkanes) is 1. The van der Waals surface area contributed by atoms with Crippen molar-refractivity contribution in [3.8, 4) is 0 Å². The van der Waals surface area contributed by atoms with Crippen LogP contribution in [0.4, 0.5) is 5.69 Å². The van der Waals surface area contributed by atoms with Gasteiger partial charge in [-0.2, -0.15) is 0 Å². The number of carbonyl (C=O) groups is 3. The Morgan fingerprint density at radius 1 is 0.951 bits per heavy atom. The minimum atomic E-state index is -3.94. The number of hydrogen-bond acceptors (Lipinski definition) is 5. The van der Waals surface area contributed by atoms with Gasteiger partial charge in [0.2, 0.25) is 21.8 Å². The zero-order chi connectivity index (χ0) is 30.0. The Kier molecular flexibility index (Phi) is 11.5. The quantitative estimate of drug-likeness (QED) is 0.211. The van der Waals surface area contributed by atoms with Crippen molar-refractivity contribution in [3.63, 3.8) is 0 Å². The number of Topliss-reactive ketones (excluding diaryl/α,β-unsaturated/α-hetero) is 1. The highest BCUT2D eigenvalue weighted by Gasteiger charge is 2.33. The Balaban J connectivity index is 2.06. The number of nitrogens with zero attached hydrogens (tertiary/aromatic N) is 2. The molecule has 0 saturated heterocycles. The van der Waals surface area contributed by atoms with Crippen molar-refractivity contribution >= 4 is 44.9 Å². The number of anilines is 1. The average Bonchev–Trinajstić information content (AvgIpc) is 2.94. The summed E-state index contributed by atoms with van der Waals surface area (Å²) in [5, 5.41) is 3.36. The van der Waals surface area contributed by atoms with Crippen molar-refractivity contribution in [2.75, 3.05) is 23.7 Å². The summed E-state index contributed by atoms with van der Waals surface area (Å²) < 4.78 is 26.8. The minimum absolute atomic E-state index is 0.0116. The van der Waals surface area contributed by atoms with Crippen molar-refractivity contribution in [3.05, 3.63) is 101 Å². The third kappa shape index (κ3) is 9.16. The predicted octanol–water partition coefficient (Wildman–Crippen LogP) is 4.87. The van der Waals surface area contributed by atoms with E-state index in [0.717, 1.165) is 29.0 Å². The fourth-order valence-corrected chi connectivity index (χ4v) is 5.40. The third-order valence-corrected chi connectivity index (χ3v) is 8.13. The molecule has 10 heteroatoms. The summed E-state index contributed by atoms with van der Waals surface area (Å²) in [7, 11) is -3.94. The van der Waals surface area contributed by atoms with Crippen LogP contribution in [0.15, 0.2) is 78.9 Å². The van der Waals surface area contributed by atoms with Crippen LogP contribution in [0.3, 0.4) is 0 Å². The molecule has 1 N–H and O–H groups in total. The number of amides is 2. The highest BCUT2D eigenvalue weighted by molar-refractivity contribution is 7.92. The molecule has 41 heavy (non-hydrogen) atoms. The first kappa shape index (κ1) is 31.8. The Bertz CT molecular complexity index is 1460. The van der Waals surface area contributed by atoms with Crippen LogP contribution >= 0.6 is 11.6 Å². The average molecular weight is 598 g/mol. The first-order valence-corrected chi connectivity index (χ1v) is 15.7. The second kappa shape index (κ2) is 14.8. The first-order valence-electron chi connectivity index (χ1n) is 13.4. The van der Waals surface area contributed by atoms with Crippen LogP contribution < -0.4 is 9.62 Å². The number of rotatable bonds is 14. The molecule has 0 radical (unpaired) electrons. The molecule has 0 spiro atoms. The van der Waals surface area contributed by atoms with E-state index in [4.69, 9.17) is 11.6 Å². The van der Waals surface area contributed by atoms with Crippen LogP contribution in [0.5, 0.6) is 0 Å². The monoisotopic (exact) mass is 597 g/mol. The number of benzene rings is 3. The molecule has 0 aliphatic rings. The van der Waals surface area contributed by atoms with Crippen LogP contribution in [0, 0.1) is 0 Å². The van der Waals surface area contributed by atoms with Gasteiger partial charge in [0.25, 0.3) is 0 Å². The Hall–Kier alpha value is -3.69. The zero-order valence-corrected chi connectivity index (χ0v) is 25.1. The summed E-state index contributed by atoms with van der Waals surface area (Å²) in [6, 6.07) is 21.5. The molecule has 0 unspecified atom stereocenters. The Morgan fingerprint density at radius 2 is 1.63 bits per heavy atom. The lowest BCUT2D eigenvalue weighted by Gasteiger charge is -2.33. The summed E-state index contributed by atoms with van der Waals surface area (Å²) >= 11 is 6.46. The van der Waals surface area contributed by atoms with Gasteiger partial charge in [-0.05, 0) is 42.7 Å². The SMILES string of the molecule is CCCCNC(=O)[C@@H](Cc1ccccc1)N(Cc1ccccc1Cl)C(=O)CN(c1cccc(C(C)=O)c1)S(C)(=O)=O. The molecule has 1 atom stereocenters. The molecular formula is C31H36ClN3O5S. The van der Waals surface area contributed by atoms with Gasteiger partial charge in [0.15, 0.2) is 5.78 Å². The molecular weight excluding hydrogens is 562 g/mol. The number of halogens is 1. The number of nitrogens with one attached hydrogen (secondary N) is 1. The van der Waals surface area contributed by atoms with Gasteiger partial charge in [-0.3, -0.25) is 18.7 Å². The van der Waals surface area contributed by atoms with Gasteiger partial charge in [-0.25, -0.2) is 8.42 Å². The van der Waals surface area contributed by atoms with Gasteiger partial charge in [-0.1, -0.05) is 85.6 Å². The second-order valence-electron chi connectivity index (χ2n) is 9.84. The maximum atomic E-state index is 14.1. The minimum Gasteiger partial charge on any atom is -0.354 e. The van der Waals surface area contributed by atoms with E-state index in [9.17, 15) is 22.8 Å². The maximum Gasteiger partial charge on any atom is 0.244 e. The number of carbonyl (C=O) groups excluding carboxylic acids is 3. The summed E-state index contributed by atoms with van der Waals surface area (Å²) in [6.45, 7) is 3.26. The molecule has 0 bridgehead atoms. The smallest absolute Gasteiger partial charge is 0.244 e. The fraction of sp³-hybridized carbons (Fsp3) is 0.323. The van der Waals surface area contributed by atoms with E-state index in [1.165, 1.54) is 24.0 Å². The lowest BCUT2D eigenvalue weighted by atomic mass is 10.0. The van der Waals surface area contributed by atoms with Gasteiger partial charge < -0.3 is 10.2 Å². The molecule has 0 heterocycles. The Labute approximate surface area is 247 Å². The first-order chi connectivity index (χ1) is 19.5. The highest BCUT2D eigenvalue weighted by atomic mass is 35.5. The lowest BCUT2D eigenvalue weighted by molar-refractivity contribution is -0.140. The van der Waals surface area contributed by atoms with Crippen molar-refractivity contribution in [1.29, 1.82) is 0 Å². The normalized spacial score (nSPS) is 11.9. The molecule has 218 valence electrons. The van der Waals surface area contributed by atoms with Crippen molar-refractivity contribution in [2.24, 2.45) is 0 Å². The summed E-state index contributed by atoms with van der Waals surface area (Å²) in [5.74, 6) is -1.17. The molecule has 0 fully saturated rings. The molecule has 3 aromatic rings. The highest BCUT2D eigenvalue weighted by Crippen LogP contribution is 2.23. The largest absolute Gasteiger partial charge is 0.354 e. The molecule has 0 aliphatic heterocycles. The second-order valence-corrected chi connectivity index (χ2v) is 12.2. The van der Waals surface area contributed by atoms with E-state index in [1.54, 1.807) is 36.4 Å². The van der Waals surface area contributed by atoms with Crippen molar-refractivity contribution in [1.82, 2.24) is 10.2 Å². The van der Waals surface area contributed by atoms with Crippen LogP contribution in [0.1, 0.15) is 48.2 Å². The number of hydrogen-bond donors (Lipinski definition) is 1. The van der Waals surface area contributed by atoms with Crippen molar-refractivity contribution < 1.29 is 22.8 Å². The zero-order valence-electron chi connectivity index (χ0n) is 23.5. The summed E-state index contributed by atoms with van der Waals surface area (Å²) in [6.07, 6.45) is 2.87. The number of ketones is 1. The van der Waals surface area contributed by atoms with E-state index in [1.807, 2.05) is 37.3 Å². The predicted molar refractivity (Wildman–Crippen MR) is 162 cm³/mol. The van der Waals surface area contributed by atoms with E-state index in [0.29, 0.717) is 22.7 Å². The molecule has 3 aromatic carbocycles. The molecule has 8 nitrogen and oxygen atoms in total. The van der Waals surface area contributed by atoms with Gasteiger partial charge in [0, 0.05) is 30.1 Å². The standard InChI is InChI=1S/C31H36ClN3O5S/c1-4-5-18-33-31(38)29(19-24-12-7-6-8-13-24)34(21-26-14-9-10-17-28(26)32)30(37)22-35(41(3,39)40)27-16-11-15-25(20-27)23(2)36/h6-17,20,29H,4-5,18-19,21-22H2,1-3H3,(H,33,38)/t29-/m1/s1. The van der Waals surface area contributed by atoms with Crippen LogP contribution in [-0.2, 0) is 32.6 Å². The molecule has 0 aliphatic carbocycles. The van der Waals surface area contributed by atoms with E-state index in [-0.39, 0.29) is 30.3 Å². The topological polar surface area (TPSA) is 104 Å².